The second-order valence-corrected chi connectivity index (χ2v) is 6.68. The van der Waals surface area contributed by atoms with Crippen molar-refractivity contribution in [3.05, 3.63) is 29.8 Å². The van der Waals surface area contributed by atoms with Crippen LogP contribution in [0.2, 0.25) is 0 Å². The molecule has 3 rings (SSSR count). The van der Waals surface area contributed by atoms with Crippen molar-refractivity contribution in [2.24, 2.45) is 17.8 Å². The number of para-hydroxylation sites is 1. The molecule has 1 N–H and O–H groups in total. The number of carbonyl (C=O) groups excluding carboxylic acids is 1. The summed E-state index contributed by atoms with van der Waals surface area (Å²) in [5, 5.41) is 3.19. The van der Waals surface area contributed by atoms with Crippen LogP contribution in [0.4, 0.5) is 0 Å². The lowest BCUT2D eigenvalue weighted by Gasteiger charge is -2.50. The molecule has 1 amide bonds. The van der Waals surface area contributed by atoms with E-state index in [1.54, 1.807) is 0 Å². The number of carbonyl (C=O) groups is 1. The van der Waals surface area contributed by atoms with Crippen molar-refractivity contribution >= 4 is 5.91 Å². The van der Waals surface area contributed by atoms with Crippen molar-refractivity contribution in [1.82, 2.24) is 5.32 Å². The van der Waals surface area contributed by atoms with Crippen molar-refractivity contribution in [3.63, 3.8) is 0 Å². The molecule has 108 valence electrons. The fourth-order valence-electron chi connectivity index (χ4n) is 3.83. The van der Waals surface area contributed by atoms with Crippen LogP contribution in [0, 0.1) is 17.8 Å². The number of hydrogen-bond acceptors (Lipinski definition) is 2. The minimum absolute atomic E-state index is 0.00611. The van der Waals surface area contributed by atoms with E-state index in [2.05, 4.69) is 26.1 Å². The van der Waals surface area contributed by atoms with Crippen molar-refractivity contribution in [1.29, 1.82) is 0 Å². The Morgan fingerprint density at radius 1 is 1.30 bits per heavy atom. The van der Waals surface area contributed by atoms with Gasteiger partial charge in [-0.1, -0.05) is 32.9 Å². The Balaban J connectivity index is 2.01. The fraction of sp³-hybridized carbons (Fsp3) is 0.588. The van der Waals surface area contributed by atoms with Gasteiger partial charge in [-0.2, -0.15) is 0 Å². The van der Waals surface area contributed by atoms with Crippen LogP contribution in [0.25, 0.3) is 0 Å². The number of benzene rings is 1. The van der Waals surface area contributed by atoms with Crippen LogP contribution in [0.3, 0.4) is 0 Å². The Morgan fingerprint density at radius 2 is 2.05 bits per heavy atom. The van der Waals surface area contributed by atoms with Gasteiger partial charge in [0.25, 0.3) is 5.91 Å². The summed E-state index contributed by atoms with van der Waals surface area (Å²) in [4.78, 5) is 12.4. The van der Waals surface area contributed by atoms with Crippen LogP contribution < -0.4 is 10.1 Å². The van der Waals surface area contributed by atoms with Crippen molar-refractivity contribution < 1.29 is 9.53 Å². The highest BCUT2D eigenvalue weighted by atomic mass is 16.5. The number of fused-ring (bicyclic) bond motifs is 1. The zero-order valence-corrected chi connectivity index (χ0v) is 12.5. The molecule has 3 nitrogen and oxygen atoms in total. The molecule has 1 aliphatic carbocycles. The van der Waals surface area contributed by atoms with E-state index in [1.807, 2.05) is 24.3 Å². The van der Waals surface area contributed by atoms with Gasteiger partial charge in [-0.25, -0.2) is 0 Å². The Kier molecular flexibility index (Phi) is 3.23. The third-order valence-electron chi connectivity index (χ3n) is 4.77. The van der Waals surface area contributed by atoms with Crippen molar-refractivity contribution in [2.75, 3.05) is 0 Å². The molecule has 1 saturated carbocycles. The van der Waals surface area contributed by atoms with Gasteiger partial charge in [0.2, 0.25) is 0 Å². The van der Waals surface area contributed by atoms with E-state index in [-0.39, 0.29) is 5.91 Å². The normalized spacial score (nSPS) is 32.7. The molecule has 0 radical (unpaired) electrons. The van der Waals surface area contributed by atoms with E-state index in [1.165, 1.54) is 6.42 Å². The van der Waals surface area contributed by atoms with E-state index < -0.39 is 5.72 Å². The molecule has 3 atom stereocenters. The van der Waals surface area contributed by atoms with Gasteiger partial charge in [-0.3, -0.25) is 4.79 Å². The largest absolute Gasteiger partial charge is 0.467 e. The first kappa shape index (κ1) is 13.5. The number of ether oxygens (including phenoxy) is 1. The maximum atomic E-state index is 12.4. The minimum Gasteiger partial charge on any atom is -0.467 e. The van der Waals surface area contributed by atoms with Crippen molar-refractivity contribution in [2.45, 2.75) is 45.8 Å². The molecule has 1 aromatic rings. The molecule has 1 aromatic carbocycles. The highest BCUT2D eigenvalue weighted by Crippen LogP contribution is 2.44. The van der Waals surface area contributed by atoms with Gasteiger partial charge >= 0.3 is 0 Å². The average molecular weight is 273 g/mol. The van der Waals surface area contributed by atoms with Gasteiger partial charge in [0.1, 0.15) is 5.75 Å². The highest BCUT2D eigenvalue weighted by molar-refractivity contribution is 5.98. The zero-order valence-electron chi connectivity index (χ0n) is 12.5. The van der Waals surface area contributed by atoms with Crippen LogP contribution in [0.1, 0.15) is 50.4 Å². The van der Waals surface area contributed by atoms with Gasteiger partial charge in [-0.15, -0.1) is 0 Å². The molecule has 1 heterocycles. The Hall–Kier alpha value is -1.51. The first-order valence-electron chi connectivity index (χ1n) is 7.62. The molecule has 0 unspecified atom stereocenters. The number of rotatable bonds is 1. The minimum atomic E-state index is -0.517. The third kappa shape index (κ3) is 2.09. The summed E-state index contributed by atoms with van der Waals surface area (Å²) in [5.41, 5.74) is 0.135. The lowest BCUT2D eigenvalue weighted by atomic mass is 9.70. The van der Waals surface area contributed by atoms with Gasteiger partial charge in [0, 0.05) is 12.3 Å². The maximum absolute atomic E-state index is 12.4. The predicted octanol–water partition coefficient (Wildman–Crippen LogP) is 3.60. The van der Waals surface area contributed by atoms with E-state index in [4.69, 9.17) is 4.74 Å². The number of amides is 1. The molecule has 0 aromatic heterocycles. The first-order valence-corrected chi connectivity index (χ1v) is 7.62. The zero-order chi connectivity index (χ0) is 14.3. The molecular formula is C17H23NO2. The van der Waals surface area contributed by atoms with Crippen LogP contribution in [0.5, 0.6) is 5.75 Å². The maximum Gasteiger partial charge on any atom is 0.258 e. The quantitative estimate of drug-likeness (QED) is 0.849. The molecule has 1 aliphatic heterocycles. The van der Waals surface area contributed by atoms with Crippen LogP contribution in [-0.2, 0) is 0 Å². The molecule has 2 aliphatic rings. The van der Waals surface area contributed by atoms with Crippen LogP contribution >= 0.6 is 0 Å². The summed E-state index contributed by atoms with van der Waals surface area (Å²) in [6.07, 6.45) is 3.22. The topological polar surface area (TPSA) is 38.3 Å². The summed E-state index contributed by atoms with van der Waals surface area (Å²) in [6.45, 7) is 6.69. The Bertz CT molecular complexity index is 525. The summed E-state index contributed by atoms with van der Waals surface area (Å²) in [7, 11) is 0. The van der Waals surface area contributed by atoms with E-state index >= 15 is 0 Å². The van der Waals surface area contributed by atoms with Crippen LogP contribution in [0.15, 0.2) is 24.3 Å². The SMILES string of the molecule is CC(C)[C@@H]1CC[C@@H](C)C[C@@]12NC(=O)c1ccccc1O2. The standard InChI is InChI=1S/C17H23NO2/c1-11(2)14-9-8-12(3)10-17(14)18-16(19)13-6-4-5-7-15(13)20-17/h4-7,11-12,14H,8-10H2,1-3H3,(H,18,19)/t12-,14+,17+/m1/s1. The summed E-state index contributed by atoms with van der Waals surface area (Å²) < 4.78 is 6.34. The first-order chi connectivity index (χ1) is 9.52. The highest BCUT2D eigenvalue weighted by Gasteiger charge is 2.50. The van der Waals surface area contributed by atoms with Gasteiger partial charge < -0.3 is 10.1 Å². The monoisotopic (exact) mass is 273 g/mol. The van der Waals surface area contributed by atoms with E-state index in [0.29, 0.717) is 23.3 Å². The summed E-state index contributed by atoms with van der Waals surface area (Å²) in [6, 6.07) is 7.55. The molecule has 0 bridgehead atoms. The smallest absolute Gasteiger partial charge is 0.258 e. The molecule has 20 heavy (non-hydrogen) atoms. The summed E-state index contributed by atoms with van der Waals surface area (Å²) in [5.74, 6) is 2.18. The van der Waals surface area contributed by atoms with Crippen LogP contribution in [-0.4, -0.2) is 11.6 Å². The predicted molar refractivity (Wildman–Crippen MR) is 78.6 cm³/mol. The lowest BCUT2D eigenvalue weighted by molar-refractivity contribution is -0.0827. The Labute approximate surface area is 120 Å². The number of nitrogens with one attached hydrogen (secondary N) is 1. The third-order valence-corrected chi connectivity index (χ3v) is 4.77. The second kappa shape index (κ2) is 4.80. The molecule has 1 fully saturated rings. The molecule has 1 spiro atoms. The van der Waals surface area contributed by atoms with Gasteiger partial charge in [0.05, 0.1) is 5.56 Å². The van der Waals surface area contributed by atoms with Crippen molar-refractivity contribution in [3.8, 4) is 5.75 Å². The number of hydrogen-bond donors (Lipinski definition) is 1. The molecule has 0 saturated heterocycles. The lowest BCUT2D eigenvalue weighted by Crippen LogP contribution is -2.63. The Morgan fingerprint density at radius 3 is 2.80 bits per heavy atom. The summed E-state index contributed by atoms with van der Waals surface area (Å²) >= 11 is 0. The van der Waals surface area contributed by atoms with Gasteiger partial charge in [-0.05, 0) is 36.8 Å². The fourth-order valence-corrected chi connectivity index (χ4v) is 3.83. The molecular weight excluding hydrogens is 250 g/mol. The van der Waals surface area contributed by atoms with E-state index in [0.717, 1.165) is 18.6 Å². The van der Waals surface area contributed by atoms with E-state index in [9.17, 15) is 4.79 Å². The second-order valence-electron chi connectivity index (χ2n) is 6.68. The molecule has 3 heteroatoms. The van der Waals surface area contributed by atoms with Gasteiger partial charge in [0.15, 0.2) is 5.72 Å². The average Bonchev–Trinajstić information content (AvgIpc) is 2.38.